The summed E-state index contributed by atoms with van der Waals surface area (Å²) >= 11 is 0. The molecule has 0 spiro atoms. The lowest BCUT2D eigenvalue weighted by molar-refractivity contribution is -0.150. The molecule has 0 N–H and O–H groups in total. The van der Waals surface area contributed by atoms with E-state index in [0.717, 1.165) is 12.1 Å². The summed E-state index contributed by atoms with van der Waals surface area (Å²) in [6.45, 7) is 1.51. The molecule has 24 heavy (non-hydrogen) atoms. The Labute approximate surface area is 138 Å². The van der Waals surface area contributed by atoms with Gasteiger partial charge in [0.2, 0.25) is 0 Å². The molecule has 1 radical (unpaired) electrons. The van der Waals surface area contributed by atoms with Crippen LogP contribution in [0.15, 0.2) is 48.5 Å². The molecule has 127 valence electrons. The minimum absolute atomic E-state index is 0.204. The fourth-order valence-electron chi connectivity index (χ4n) is 2.19. The Morgan fingerprint density at radius 3 is 2.58 bits per heavy atom. The van der Waals surface area contributed by atoms with Crippen molar-refractivity contribution in [1.29, 1.82) is 0 Å². The number of alkyl halides is 3. The topological polar surface area (TPSA) is 35.5 Å². The largest absolute Gasteiger partial charge is 0.464 e. The van der Waals surface area contributed by atoms with Crippen molar-refractivity contribution in [1.82, 2.24) is 0 Å². The van der Waals surface area contributed by atoms with Crippen LogP contribution in [-0.2, 0) is 20.4 Å². The molecule has 3 nitrogen and oxygen atoms in total. The minimum atomic E-state index is -4.45. The Hall–Kier alpha value is -2.34. The Balaban J connectivity index is 2.31. The van der Waals surface area contributed by atoms with Crippen LogP contribution in [0.4, 0.5) is 13.2 Å². The van der Waals surface area contributed by atoms with Crippen molar-refractivity contribution in [2.45, 2.75) is 19.2 Å². The van der Waals surface area contributed by atoms with E-state index in [1.54, 1.807) is 31.2 Å². The van der Waals surface area contributed by atoms with Crippen molar-refractivity contribution in [2.24, 2.45) is 0 Å². The van der Waals surface area contributed by atoms with Gasteiger partial charge >= 0.3 is 12.1 Å². The number of esters is 1. The van der Waals surface area contributed by atoms with Crippen LogP contribution in [0.2, 0.25) is 0 Å². The third-order valence-corrected chi connectivity index (χ3v) is 3.22. The first-order chi connectivity index (χ1) is 11.4. The van der Waals surface area contributed by atoms with Gasteiger partial charge in [-0.3, -0.25) is 0 Å². The molecule has 0 bridgehead atoms. The summed E-state index contributed by atoms with van der Waals surface area (Å²) in [5.74, 6) is -0.575. The van der Waals surface area contributed by atoms with Gasteiger partial charge in [0.25, 0.3) is 0 Å². The number of hydrogen-bond donors (Lipinski definition) is 0. The molecule has 0 aliphatic rings. The van der Waals surface area contributed by atoms with E-state index in [2.05, 4.69) is 6.07 Å². The van der Waals surface area contributed by atoms with Gasteiger partial charge in [-0.2, -0.15) is 13.2 Å². The number of rotatable bonds is 6. The second-order valence-electron chi connectivity index (χ2n) is 4.96. The molecule has 0 aliphatic heterocycles. The van der Waals surface area contributed by atoms with Gasteiger partial charge in [0, 0.05) is 0 Å². The number of ether oxygens (including phenoxy) is 2. The number of carbonyl (C=O) groups excluding carboxylic acids is 1. The van der Waals surface area contributed by atoms with Crippen molar-refractivity contribution in [3.8, 4) is 0 Å². The fourth-order valence-corrected chi connectivity index (χ4v) is 2.19. The van der Waals surface area contributed by atoms with Crippen molar-refractivity contribution in [3.05, 3.63) is 71.3 Å². The Kier molecular flexibility index (Phi) is 5.98. The standard InChI is InChI=1S/C18H16F3O3/c1-2-23-16(22)12-24-17(13-7-4-3-5-8-13)14-9-6-10-15(11-14)18(19,20)21/h3-4,6-11,17H,2,12H2,1H3. The Bertz CT molecular complexity index is 669. The zero-order chi connectivity index (χ0) is 17.6. The van der Waals surface area contributed by atoms with Crippen LogP contribution in [0, 0.1) is 6.07 Å². The first kappa shape index (κ1) is 18.0. The average molecular weight is 337 g/mol. The van der Waals surface area contributed by atoms with Crippen molar-refractivity contribution in [3.63, 3.8) is 0 Å². The first-order valence-electron chi connectivity index (χ1n) is 7.32. The van der Waals surface area contributed by atoms with E-state index in [4.69, 9.17) is 9.47 Å². The monoisotopic (exact) mass is 337 g/mol. The minimum Gasteiger partial charge on any atom is -0.464 e. The highest BCUT2D eigenvalue weighted by Gasteiger charge is 2.31. The molecule has 2 aromatic rings. The van der Waals surface area contributed by atoms with Gasteiger partial charge in [-0.1, -0.05) is 30.3 Å². The quantitative estimate of drug-likeness (QED) is 0.742. The molecular weight excluding hydrogens is 321 g/mol. The predicted octanol–water partition coefficient (Wildman–Crippen LogP) is 4.17. The maximum Gasteiger partial charge on any atom is 0.416 e. The lowest BCUT2D eigenvalue weighted by Gasteiger charge is -2.19. The van der Waals surface area contributed by atoms with Crippen LogP contribution in [0.1, 0.15) is 29.7 Å². The van der Waals surface area contributed by atoms with E-state index in [1.165, 1.54) is 12.1 Å². The maximum atomic E-state index is 12.9. The van der Waals surface area contributed by atoms with Crippen LogP contribution in [-0.4, -0.2) is 19.2 Å². The average Bonchev–Trinajstić information content (AvgIpc) is 2.56. The van der Waals surface area contributed by atoms with Crippen LogP contribution in [0.25, 0.3) is 0 Å². The number of hydrogen-bond acceptors (Lipinski definition) is 3. The van der Waals surface area contributed by atoms with Crippen LogP contribution >= 0.6 is 0 Å². The van der Waals surface area contributed by atoms with E-state index in [1.807, 2.05) is 0 Å². The molecule has 6 heteroatoms. The van der Waals surface area contributed by atoms with Gasteiger partial charge in [0.15, 0.2) is 0 Å². The second kappa shape index (κ2) is 7.97. The highest BCUT2D eigenvalue weighted by molar-refractivity contribution is 5.70. The second-order valence-corrected chi connectivity index (χ2v) is 4.96. The first-order valence-corrected chi connectivity index (χ1v) is 7.32. The number of benzene rings is 2. The molecule has 0 amide bonds. The zero-order valence-electron chi connectivity index (χ0n) is 13.0. The predicted molar refractivity (Wildman–Crippen MR) is 81.2 cm³/mol. The van der Waals surface area contributed by atoms with Crippen molar-refractivity contribution in [2.75, 3.05) is 13.2 Å². The molecule has 1 unspecified atom stereocenters. The highest BCUT2D eigenvalue weighted by atomic mass is 19.4. The van der Waals surface area contributed by atoms with E-state index in [9.17, 15) is 18.0 Å². The Morgan fingerprint density at radius 1 is 1.21 bits per heavy atom. The van der Waals surface area contributed by atoms with Gasteiger partial charge in [-0.05, 0) is 42.3 Å². The Morgan fingerprint density at radius 2 is 1.96 bits per heavy atom. The summed E-state index contributed by atoms with van der Waals surface area (Å²) in [5.41, 5.74) is 0.125. The molecule has 0 fully saturated rings. The van der Waals surface area contributed by atoms with Crippen LogP contribution < -0.4 is 0 Å². The maximum absolute atomic E-state index is 12.9. The molecule has 1 atom stereocenters. The summed E-state index contributed by atoms with van der Waals surface area (Å²) in [7, 11) is 0. The molecule has 0 aromatic heterocycles. The van der Waals surface area contributed by atoms with Gasteiger partial charge in [0.05, 0.1) is 12.2 Å². The molecule has 2 aromatic carbocycles. The third-order valence-electron chi connectivity index (χ3n) is 3.22. The van der Waals surface area contributed by atoms with Crippen molar-refractivity contribution >= 4 is 5.97 Å². The molecule has 0 heterocycles. The van der Waals surface area contributed by atoms with Gasteiger partial charge < -0.3 is 9.47 Å². The molecular formula is C18H16F3O3. The SMILES string of the molecule is CCOC(=O)COC(c1c[c]ccc1)c1cccc(C(F)(F)F)c1. The third kappa shape index (κ3) is 4.83. The van der Waals surface area contributed by atoms with Crippen LogP contribution in [0.5, 0.6) is 0 Å². The van der Waals surface area contributed by atoms with E-state index < -0.39 is 23.8 Å². The van der Waals surface area contributed by atoms with E-state index in [-0.39, 0.29) is 13.2 Å². The molecule has 0 saturated heterocycles. The zero-order valence-corrected chi connectivity index (χ0v) is 13.0. The summed E-state index contributed by atoms with van der Waals surface area (Å²) in [6, 6.07) is 14.4. The smallest absolute Gasteiger partial charge is 0.416 e. The summed E-state index contributed by atoms with van der Waals surface area (Å²) in [5, 5.41) is 0. The number of halogens is 3. The highest BCUT2D eigenvalue weighted by Crippen LogP contribution is 2.33. The van der Waals surface area contributed by atoms with E-state index >= 15 is 0 Å². The summed E-state index contributed by atoms with van der Waals surface area (Å²) in [4.78, 5) is 11.5. The molecule has 0 aliphatic carbocycles. The lowest BCUT2D eigenvalue weighted by atomic mass is 9.99. The number of carbonyl (C=O) groups is 1. The van der Waals surface area contributed by atoms with Gasteiger partial charge in [0.1, 0.15) is 12.7 Å². The van der Waals surface area contributed by atoms with E-state index in [0.29, 0.717) is 11.1 Å². The van der Waals surface area contributed by atoms with Crippen molar-refractivity contribution < 1.29 is 27.4 Å². The normalized spacial score (nSPS) is 12.7. The summed E-state index contributed by atoms with van der Waals surface area (Å²) in [6.07, 6.45) is -5.28. The fraction of sp³-hybridized carbons (Fsp3) is 0.278. The molecule has 2 rings (SSSR count). The van der Waals surface area contributed by atoms with Crippen LogP contribution in [0.3, 0.4) is 0 Å². The van der Waals surface area contributed by atoms with Gasteiger partial charge in [-0.15, -0.1) is 0 Å². The van der Waals surface area contributed by atoms with Gasteiger partial charge in [-0.25, -0.2) is 4.79 Å². The molecule has 0 saturated carbocycles. The lowest BCUT2D eigenvalue weighted by Crippen LogP contribution is -2.17. The summed E-state index contributed by atoms with van der Waals surface area (Å²) < 4.78 is 49.1.